The van der Waals surface area contributed by atoms with E-state index in [1.165, 1.54) is 18.6 Å². The Morgan fingerprint density at radius 2 is 2.24 bits per heavy atom. The van der Waals surface area contributed by atoms with Crippen molar-refractivity contribution in [1.29, 1.82) is 0 Å². The lowest BCUT2D eigenvalue weighted by atomic mass is 9.89. The van der Waals surface area contributed by atoms with Crippen molar-refractivity contribution in [3.8, 4) is 0 Å². The average Bonchev–Trinajstić information content (AvgIpc) is 2.92. The van der Waals surface area contributed by atoms with Gasteiger partial charge in [0.1, 0.15) is 5.82 Å². The van der Waals surface area contributed by atoms with Crippen LogP contribution in [0.25, 0.3) is 0 Å². The van der Waals surface area contributed by atoms with Gasteiger partial charge in [0.25, 0.3) is 0 Å². The van der Waals surface area contributed by atoms with Gasteiger partial charge in [0, 0.05) is 25.2 Å². The molecule has 2 saturated heterocycles. The standard InChI is InChI=1S/C16H22FN3O/c17-14-2-1-3-15(8-14)19-16(21)5-7-20-6-4-12-9-18-10-13(12)11-20/h1-3,8,12-13,18H,4-7,9-11H2,(H,19,21). The Labute approximate surface area is 124 Å². The summed E-state index contributed by atoms with van der Waals surface area (Å²) in [5.41, 5.74) is 0.527. The second-order valence-corrected chi connectivity index (χ2v) is 6.08. The zero-order valence-electron chi connectivity index (χ0n) is 12.1. The first-order chi connectivity index (χ1) is 10.2. The van der Waals surface area contributed by atoms with Crippen molar-refractivity contribution in [2.24, 2.45) is 11.8 Å². The number of anilines is 1. The van der Waals surface area contributed by atoms with Crippen molar-refractivity contribution < 1.29 is 9.18 Å². The number of fused-ring (bicyclic) bond motifs is 1. The van der Waals surface area contributed by atoms with Gasteiger partial charge in [0.2, 0.25) is 5.91 Å². The minimum Gasteiger partial charge on any atom is -0.326 e. The Hall–Kier alpha value is -1.46. The lowest BCUT2D eigenvalue weighted by molar-refractivity contribution is -0.116. The number of halogens is 1. The van der Waals surface area contributed by atoms with Crippen LogP contribution in [0.4, 0.5) is 10.1 Å². The highest BCUT2D eigenvalue weighted by Crippen LogP contribution is 2.26. The van der Waals surface area contributed by atoms with E-state index in [2.05, 4.69) is 15.5 Å². The van der Waals surface area contributed by atoms with Crippen molar-refractivity contribution >= 4 is 11.6 Å². The zero-order chi connectivity index (χ0) is 14.7. The van der Waals surface area contributed by atoms with E-state index in [9.17, 15) is 9.18 Å². The number of nitrogens with one attached hydrogen (secondary N) is 2. The van der Waals surface area contributed by atoms with E-state index in [1.807, 2.05) is 0 Å². The molecule has 114 valence electrons. The molecule has 0 aromatic heterocycles. The van der Waals surface area contributed by atoms with Crippen LogP contribution in [-0.2, 0) is 4.79 Å². The lowest BCUT2D eigenvalue weighted by Crippen LogP contribution is -2.41. The first-order valence-corrected chi connectivity index (χ1v) is 7.69. The van der Waals surface area contributed by atoms with Crippen molar-refractivity contribution in [3.05, 3.63) is 30.1 Å². The zero-order valence-corrected chi connectivity index (χ0v) is 12.1. The van der Waals surface area contributed by atoms with Crippen LogP contribution >= 0.6 is 0 Å². The van der Waals surface area contributed by atoms with Gasteiger partial charge in [0.05, 0.1) is 0 Å². The summed E-state index contributed by atoms with van der Waals surface area (Å²) in [6, 6.07) is 6.02. The van der Waals surface area contributed by atoms with E-state index >= 15 is 0 Å². The van der Waals surface area contributed by atoms with E-state index in [4.69, 9.17) is 0 Å². The highest BCUT2D eigenvalue weighted by atomic mass is 19.1. The van der Waals surface area contributed by atoms with Crippen LogP contribution < -0.4 is 10.6 Å². The molecular formula is C16H22FN3O. The van der Waals surface area contributed by atoms with Crippen LogP contribution in [0.1, 0.15) is 12.8 Å². The third-order valence-corrected chi connectivity index (χ3v) is 4.55. The van der Waals surface area contributed by atoms with Crippen molar-refractivity contribution in [2.75, 3.05) is 38.0 Å². The molecule has 3 rings (SSSR count). The maximum absolute atomic E-state index is 13.1. The molecular weight excluding hydrogens is 269 g/mol. The Morgan fingerprint density at radius 3 is 3.10 bits per heavy atom. The predicted molar refractivity (Wildman–Crippen MR) is 80.6 cm³/mol. The number of carbonyl (C=O) groups excluding carboxylic acids is 1. The van der Waals surface area contributed by atoms with Gasteiger partial charge in [-0.2, -0.15) is 0 Å². The molecule has 0 bridgehead atoms. The topological polar surface area (TPSA) is 44.4 Å². The van der Waals surface area contributed by atoms with Crippen LogP contribution in [0.3, 0.4) is 0 Å². The van der Waals surface area contributed by atoms with Crippen molar-refractivity contribution in [3.63, 3.8) is 0 Å². The minimum atomic E-state index is -0.330. The molecule has 2 atom stereocenters. The summed E-state index contributed by atoms with van der Waals surface area (Å²) in [5, 5.41) is 6.20. The second kappa shape index (κ2) is 6.54. The Bertz CT molecular complexity index is 508. The van der Waals surface area contributed by atoms with Crippen LogP contribution in [0.2, 0.25) is 0 Å². The summed E-state index contributed by atoms with van der Waals surface area (Å²) < 4.78 is 13.1. The van der Waals surface area contributed by atoms with Gasteiger partial charge >= 0.3 is 0 Å². The van der Waals surface area contributed by atoms with Crippen LogP contribution in [0.5, 0.6) is 0 Å². The van der Waals surface area contributed by atoms with Gasteiger partial charge in [-0.25, -0.2) is 4.39 Å². The maximum Gasteiger partial charge on any atom is 0.225 e. The number of carbonyl (C=O) groups is 1. The highest BCUT2D eigenvalue weighted by molar-refractivity contribution is 5.90. The Morgan fingerprint density at radius 1 is 1.38 bits per heavy atom. The molecule has 2 fully saturated rings. The molecule has 2 aliphatic heterocycles. The largest absolute Gasteiger partial charge is 0.326 e. The second-order valence-electron chi connectivity index (χ2n) is 6.08. The molecule has 1 aromatic rings. The number of likely N-dealkylation sites (tertiary alicyclic amines) is 1. The Kier molecular flexibility index (Phi) is 4.51. The first-order valence-electron chi connectivity index (χ1n) is 7.69. The summed E-state index contributed by atoms with van der Waals surface area (Å²) in [5.74, 6) is 1.18. The van der Waals surface area contributed by atoms with Gasteiger partial charge in [-0.3, -0.25) is 4.79 Å². The number of piperidine rings is 1. The summed E-state index contributed by atoms with van der Waals surface area (Å²) in [6.45, 7) is 5.21. The predicted octanol–water partition coefficient (Wildman–Crippen LogP) is 1.70. The maximum atomic E-state index is 13.1. The van der Waals surface area contributed by atoms with Gasteiger partial charge in [0.15, 0.2) is 0 Å². The van der Waals surface area contributed by atoms with Gasteiger partial charge in [-0.1, -0.05) is 6.07 Å². The summed E-state index contributed by atoms with van der Waals surface area (Å²) >= 11 is 0. The van der Waals surface area contributed by atoms with Gasteiger partial charge in [-0.05, 0) is 56.1 Å². The molecule has 2 unspecified atom stereocenters. The van der Waals surface area contributed by atoms with E-state index in [-0.39, 0.29) is 11.7 Å². The van der Waals surface area contributed by atoms with Crippen LogP contribution in [-0.4, -0.2) is 43.5 Å². The van der Waals surface area contributed by atoms with E-state index < -0.39 is 0 Å². The fraction of sp³-hybridized carbons (Fsp3) is 0.562. The molecule has 0 saturated carbocycles. The van der Waals surface area contributed by atoms with Crippen LogP contribution in [0, 0.1) is 17.7 Å². The van der Waals surface area contributed by atoms with E-state index in [0.29, 0.717) is 12.1 Å². The monoisotopic (exact) mass is 291 g/mol. The normalized spacial score (nSPS) is 25.6. The molecule has 4 nitrogen and oxygen atoms in total. The SMILES string of the molecule is O=C(CCN1CCC2CNCC2C1)Nc1cccc(F)c1. The molecule has 1 amide bonds. The molecule has 21 heavy (non-hydrogen) atoms. The molecule has 5 heteroatoms. The van der Waals surface area contributed by atoms with Gasteiger partial charge < -0.3 is 15.5 Å². The third kappa shape index (κ3) is 3.80. The highest BCUT2D eigenvalue weighted by Gasteiger charge is 2.32. The molecule has 1 aromatic carbocycles. The molecule has 2 N–H and O–H groups in total. The van der Waals surface area contributed by atoms with Gasteiger partial charge in [-0.15, -0.1) is 0 Å². The molecule has 0 radical (unpaired) electrons. The quantitative estimate of drug-likeness (QED) is 0.887. The van der Waals surface area contributed by atoms with Crippen molar-refractivity contribution in [1.82, 2.24) is 10.2 Å². The number of amides is 1. The minimum absolute atomic E-state index is 0.0488. The first kappa shape index (κ1) is 14.5. The summed E-state index contributed by atoms with van der Waals surface area (Å²) in [4.78, 5) is 14.3. The number of hydrogen-bond donors (Lipinski definition) is 2. The molecule has 2 heterocycles. The lowest BCUT2D eigenvalue weighted by Gasteiger charge is -2.34. The number of hydrogen-bond acceptors (Lipinski definition) is 3. The van der Waals surface area contributed by atoms with Crippen LogP contribution in [0.15, 0.2) is 24.3 Å². The van der Waals surface area contributed by atoms with E-state index in [0.717, 1.165) is 44.6 Å². The fourth-order valence-corrected chi connectivity index (χ4v) is 3.36. The Balaban J connectivity index is 1.43. The van der Waals surface area contributed by atoms with Crippen molar-refractivity contribution in [2.45, 2.75) is 12.8 Å². The number of nitrogens with zero attached hydrogens (tertiary/aromatic N) is 1. The smallest absolute Gasteiger partial charge is 0.225 e. The van der Waals surface area contributed by atoms with E-state index in [1.54, 1.807) is 12.1 Å². The summed E-state index contributed by atoms with van der Waals surface area (Å²) in [6.07, 6.45) is 1.69. The molecule has 2 aliphatic rings. The average molecular weight is 291 g/mol. The fourth-order valence-electron chi connectivity index (χ4n) is 3.36. The number of benzene rings is 1. The third-order valence-electron chi connectivity index (χ3n) is 4.55. The molecule has 0 spiro atoms. The number of rotatable bonds is 4. The molecule has 0 aliphatic carbocycles. The summed E-state index contributed by atoms with van der Waals surface area (Å²) in [7, 11) is 0.